The summed E-state index contributed by atoms with van der Waals surface area (Å²) < 4.78 is 4.50. The Morgan fingerprint density at radius 2 is 2.11 bits per heavy atom. The zero-order valence-corrected chi connectivity index (χ0v) is 10.6. The summed E-state index contributed by atoms with van der Waals surface area (Å²) in [6.07, 6.45) is 0.132. The monoisotopic (exact) mass is 266 g/mol. The van der Waals surface area contributed by atoms with Crippen molar-refractivity contribution in [3.05, 3.63) is 33.9 Å². The van der Waals surface area contributed by atoms with E-state index in [2.05, 4.69) is 10.1 Å². The standard InChI is InChI=1S/C12H14N2O5/c1-8(15)13-10-4-3-5-11(14(17)18)9(10)6-7-12(16)19-2/h3-5H,6-7H2,1-2H3,(H,13,15). The van der Waals surface area contributed by atoms with Crippen LogP contribution in [0.15, 0.2) is 18.2 Å². The Bertz CT molecular complexity index is 513. The number of nitro benzene ring substituents is 1. The van der Waals surface area contributed by atoms with Crippen LogP contribution < -0.4 is 5.32 Å². The third kappa shape index (κ3) is 4.06. The lowest BCUT2D eigenvalue weighted by molar-refractivity contribution is -0.385. The molecule has 1 rings (SSSR count). The van der Waals surface area contributed by atoms with Crippen LogP contribution in [0.2, 0.25) is 0 Å². The maximum atomic E-state index is 11.1. The van der Waals surface area contributed by atoms with Gasteiger partial charge in [-0.2, -0.15) is 0 Å². The number of methoxy groups -OCH3 is 1. The fourth-order valence-electron chi connectivity index (χ4n) is 1.64. The lowest BCUT2D eigenvalue weighted by atomic mass is 10.0. The Morgan fingerprint density at radius 3 is 2.63 bits per heavy atom. The average molecular weight is 266 g/mol. The van der Waals surface area contributed by atoms with Crippen LogP contribution in [-0.2, 0) is 20.7 Å². The molecule has 0 aromatic heterocycles. The molecule has 0 saturated carbocycles. The number of hydrogen-bond donors (Lipinski definition) is 1. The Kier molecular flexibility index (Phi) is 4.99. The highest BCUT2D eigenvalue weighted by atomic mass is 16.6. The molecule has 19 heavy (non-hydrogen) atoms. The Balaban J connectivity index is 3.09. The molecule has 7 heteroatoms. The number of rotatable bonds is 5. The van der Waals surface area contributed by atoms with Crippen LogP contribution in [0, 0.1) is 10.1 Å². The van der Waals surface area contributed by atoms with Gasteiger partial charge in [0, 0.05) is 19.4 Å². The molecule has 0 radical (unpaired) electrons. The average Bonchev–Trinajstić information content (AvgIpc) is 2.35. The van der Waals surface area contributed by atoms with Crippen LogP contribution >= 0.6 is 0 Å². The number of anilines is 1. The van der Waals surface area contributed by atoms with Crippen molar-refractivity contribution in [2.75, 3.05) is 12.4 Å². The quantitative estimate of drug-likeness (QED) is 0.496. The molecular weight excluding hydrogens is 252 g/mol. The number of esters is 1. The summed E-state index contributed by atoms with van der Waals surface area (Å²) in [7, 11) is 1.25. The third-order valence-corrected chi connectivity index (χ3v) is 2.47. The zero-order valence-electron chi connectivity index (χ0n) is 10.6. The van der Waals surface area contributed by atoms with E-state index in [0.29, 0.717) is 11.3 Å². The van der Waals surface area contributed by atoms with Crippen molar-refractivity contribution in [2.45, 2.75) is 19.8 Å². The first-order valence-electron chi connectivity index (χ1n) is 5.56. The summed E-state index contributed by atoms with van der Waals surface area (Å²) in [6.45, 7) is 1.31. The van der Waals surface area contributed by atoms with Gasteiger partial charge in [0.1, 0.15) is 0 Å². The van der Waals surface area contributed by atoms with E-state index < -0.39 is 10.9 Å². The van der Waals surface area contributed by atoms with Crippen molar-refractivity contribution in [2.24, 2.45) is 0 Å². The fraction of sp³-hybridized carbons (Fsp3) is 0.333. The van der Waals surface area contributed by atoms with Gasteiger partial charge in [-0.25, -0.2) is 0 Å². The summed E-state index contributed by atoms with van der Waals surface area (Å²) in [4.78, 5) is 32.6. The zero-order chi connectivity index (χ0) is 14.4. The molecule has 0 aliphatic rings. The summed E-state index contributed by atoms with van der Waals surface area (Å²) in [6, 6.07) is 4.37. The summed E-state index contributed by atoms with van der Waals surface area (Å²) in [5.74, 6) is -0.799. The van der Waals surface area contributed by atoms with Gasteiger partial charge in [0.15, 0.2) is 0 Å². The summed E-state index contributed by atoms with van der Waals surface area (Å²) >= 11 is 0. The van der Waals surface area contributed by atoms with Crippen LogP contribution in [0.3, 0.4) is 0 Å². The number of nitro groups is 1. The van der Waals surface area contributed by atoms with E-state index >= 15 is 0 Å². The molecule has 0 spiro atoms. The molecule has 0 aliphatic carbocycles. The molecule has 1 amide bonds. The molecule has 0 saturated heterocycles. The van der Waals surface area contributed by atoms with Crippen molar-refractivity contribution < 1.29 is 19.2 Å². The first kappa shape index (κ1) is 14.6. The molecule has 0 atom stereocenters. The van der Waals surface area contributed by atoms with E-state index in [9.17, 15) is 19.7 Å². The van der Waals surface area contributed by atoms with Gasteiger partial charge in [-0.3, -0.25) is 19.7 Å². The first-order chi connectivity index (χ1) is 8.95. The molecule has 0 bridgehead atoms. The smallest absolute Gasteiger partial charge is 0.305 e. The van der Waals surface area contributed by atoms with E-state index in [1.54, 1.807) is 6.07 Å². The van der Waals surface area contributed by atoms with Crippen molar-refractivity contribution in [3.8, 4) is 0 Å². The SMILES string of the molecule is COC(=O)CCc1c(NC(C)=O)cccc1[N+](=O)[O-]. The van der Waals surface area contributed by atoms with Gasteiger partial charge in [-0.05, 0) is 12.5 Å². The minimum Gasteiger partial charge on any atom is -0.469 e. The van der Waals surface area contributed by atoms with Crippen LogP contribution in [0.5, 0.6) is 0 Å². The number of nitrogens with zero attached hydrogens (tertiary/aromatic N) is 1. The third-order valence-electron chi connectivity index (χ3n) is 2.47. The number of ether oxygens (including phenoxy) is 1. The maximum absolute atomic E-state index is 11.1. The molecular formula is C12H14N2O5. The summed E-state index contributed by atoms with van der Waals surface area (Å²) in [5, 5.41) is 13.5. The minimum absolute atomic E-state index is 0.00788. The summed E-state index contributed by atoms with van der Waals surface area (Å²) in [5.41, 5.74) is 0.522. The lowest BCUT2D eigenvalue weighted by Gasteiger charge is -2.09. The fourth-order valence-corrected chi connectivity index (χ4v) is 1.64. The molecule has 0 unspecified atom stereocenters. The Labute approximate surface area is 109 Å². The van der Waals surface area contributed by atoms with Gasteiger partial charge in [-0.15, -0.1) is 0 Å². The first-order valence-corrected chi connectivity index (χ1v) is 5.56. The van der Waals surface area contributed by atoms with Gasteiger partial charge >= 0.3 is 5.97 Å². The van der Waals surface area contributed by atoms with Crippen molar-refractivity contribution in [1.82, 2.24) is 0 Å². The highest BCUT2D eigenvalue weighted by Gasteiger charge is 2.19. The number of hydrogen-bond acceptors (Lipinski definition) is 5. The van der Waals surface area contributed by atoms with Crippen LogP contribution in [-0.4, -0.2) is 23.9 Å². The highest BCUT2D eigenvalue weighted by molar-refractivity contribution is 5.90. The Hall–Kier alpha value is -2.44. The van der Waals surface area contributed by atoms with Crippen LogP contribution in [0.4, 0.5) is 11.4 Å². The molecule has 1 aromatic rings. The lowest BCUT2D eigenvalue weighted by Crippen LogP contribution is -2.11. The second-order valence-electron chi connectivity index (χ2n) is 3.82. The predicted molar refractivity (Wildman–Crippen MR) is 67.7 cm³/mol. The van der Waals surface area contributed by atoms with Crippen LogP contribution in [0.25, 0.3) is 0 Å². The largest absolute Gasteiger partial charge is 0.469 e. The second kappa shape index (κ2) is 6.48. The van der Waals surface area contributed by atoms with Crippen molar-refractivity contribution in [1.29, 1.82) is 0 Å². The maximum Gasteiger partial charge on any atom is 0.305 e. The van der Waals surface area contributed by atoms with Gasteiger partial charge in [-0.1, -0.05) is 6.07 Å². The number of benzene rings is 1. The normalized spacial score (nSPS) is 9.79. The minimum atomic E-state index is -0.544. The molecule has 0 aliphatic heterocycles. The van der Waals surface area contributed by atoms with E-state index in [-0.39, 0.29) is 24.4 Å². The van der Waals surface area contributed by atoms with Gasteiger partial charge in [0.05, 0.1) is 23.3 Å². The molecule has 0 fully saturated rings. The molecule has 7 nitrogen and oxygen atoms in total. The molecule has 1 aromatic carbocycles. The van der Waals surface area contributed by atoms with Crippen molar-refractivity contribution >= 4 is 23.3 Å². The molecule has 102 valence electrons. The second-order valence-corrected chi connectivity index (χ2v) is 3.82. The number of amides is 1. The Morgan fingerprint density at radius 1 is 1.42 bits per heavy atom. The van der Waals surface area contributed by atoms with E-state index in [1.165, 1.54) is 26.2 Å². The van der Waals surface area contributed by atoms with Gasteiger partial charge < -0.3 is 10.1 Å². The van der Waals surface area contributed by atoms with Gasteiger partial charge in [0.25, 0.3) is 5.69 Å². The van der Waals surface area contributed by atoms with Crippen molar-refractivity contribution in [3.63, 3.8) is 0 Å². The topological polar surface area (TPSA) is 98.5 Å². The predicted octanol–water partition coefficient (Wildman–Crippen LogP) is 1.66. The number of carbonyl (C=O) groups excluding carboxylic acids is 2. The number of carbonyl (C=O) groups is 2. The molecule has 1 N–H and O–H groups in total. The number of nitrogens with one attached hydrogen (secondary N) is 1. The van der Waals surface area contributed by atoms with E-state index in [4.69, 9.17) is 0 Å². The highest BCUT2D eigenvalue weighted by Crippen LogP contribution is 2.27. The molecule has 0 heterocycles. The van der Waals surface area contributed by atoms with E-state index in [1.807, 2.05) is 0 Å². The van der Waals surface area contributed by atoms with Gasteiger partial charge in [0.2, 0.25) is 5.91 Å². The van der Waals surface area contributed by atoms with Crippen LogP contribution in [0.1, 0.15) is 18.9 Å². The van der Waals surface area contributed by atoms with E-state index in [0.717, 1.165) is 0 Å².